The Labute approximate surface area is 122 Å². The van der Waals surface area contributed by atoms with Crippen LogP contribution < -0.4 is 11.3 Å². The lowest BCUT2D eigenvalue weighted by molar-refractivity contribution is -0.138. The predicted molar refractivity (Wildman–Crippen MR) is 74.8 cm³/mol. The molecule has 1 atom stereocenters. The lowest BCUT2D eigenvalue weighted by Crippen LogP contribution is -2.30. The number of hydrazine groups is 1. The fourth-order valence-corrected chi connectivity index (χ4v) is 2.29. The van der Waals surface area contributed by atoms with E-state index >= 15 is 0 Å². The van der Waals surface area contributed by atoms with Gasteiger partial charge in [0.1, 0.15) is 0 Å². The second kappa shape index (κ2) is 5.95. The summed E-state index contributed by atoms with van der Waals surface area (Å²) >= 11 is 3.29. The summed E-state index contributed by atoms with van der Waals surface area (Å²) in [6.45, 7) is 0. The zero-order valence-electron chi connectivity index (χ0n) is 10.3. The van der Waals surface area contributed by atoms with Crippen LogP contribution in [0, 0.1) is 0 Å². The minimum atomic E-state index is -4.42. The molecule has 0 aliphatic heterocycles. The maximum Gasteiger partial charge on any atom is 0.416 e. The average Bonchev–Trinajstić information content (AvgIpc) is 2.41. The molecular weight excluding hydrogens is 333 g/mol. The molecule has 0 aromatic heterocycles. The molecule has 106 valence electrons. The number of halogens is 4. The van der Waals surface area contributed by atoms with Gasteiger partial charge in [0.15, 0.2) is 0 Å². The highest BCUT2D eigenvalue weighted by Gasteiger charge is 2.35. The Balaban J connectivity index is 2.50. The van der Waals surface area contributed by atoms with Gasteiger partial charge in [0.2, 0.25) is 0 Å². The number of rotatable bonds is 3. The monoisotopic (exact) mass is 344 g/mol. The fraction of sp³-hybridized carbons (Fsp3) is 0.143. The smallest absolute Gasteiger partial charge is 0.271 e. The third kappa shape index (κ3) is 3.20. The molecule has 2 rings (SSSR count). The molecule has 0 saturated heterocycles. The minimum Gasteiger partial charge on any atom is -0.271 e. The highest BCUT2D eigenvalue weighted by molar-refractivity contribution is 9.10. The van der Waals surface area contributed by atoms with Crippen LogP contribution in [0.1, 0.15) is 22.7 Å². The van der Waals surface area contributed by atoms with E-state index in [0.29, 0.717) is 5.56 Å². The van der Waals surface area contributed by atoms with Gasteiger partial charge in [-0.05, 0) is 29.3 Å². The first kappa shape index (κ1) is 15.0. The van der Waals surface area contributed by atoms with E-state index < -0.39 is 17.8 Å². The fourth-order valence-electron chi connectivity index (χ4n) is 2.03. The Kier molecular flexibility index (Phi) is 4.47. The van der Waals surface area contributed by atoms with E-state index in [4.69, 9.17) is 5.84 Å². The Morgan fingerprint density at radius 3 is 2.15 bits per heavy atom. The summed E-state index contributed by atoms with van der Waals surface area (Å²) in [4.78, 5) is 0. The molecule has 0 radical (unpaired) electrons. The lowest BCUT2D eigenvalue weighted by atomic mass is 9.94. The SMILES string of the molecule is NNC(c1ccc(Br)cc1)c1ccccc1C(F)(F)F. The van der Waals surface area contributed by atoms with Gasteiger partial charge < -0.3 is 0 Å². The summed E-state index contributed by atoms with van der Waals surface area (Å²) in [5.41, 5.74) is 2.52. The molecule has 0 saturated carbocycles. The quantitative estimate of drug-likeness (QED) is 0.651. The summed E-state index contributed by atoms with van der Waals surface area (Å²) in [6, 6.07) is 11.7. The van der Waals surface area contributed by atoms with Crippen LogP contribution in [0.5, 0.6) is 0 Å². The zero-order valence-corrected chi connectivity index (χ0v) is 11.9. The molecule has 2 aromatic carbocycles. The van der Waals surface area contributed by atoms with Crippen molar-refractivity contribution in [2.45, 2.75) is 12.2 Å². The normalized spacial score (nSPS) is 13.2. The number of hydrogen-bond donors (Lipinski definition) is 2. The van der Waals surface area contributed by atoms with Crippen LogP contribution in [-0.4, -0.2) is 0 Å². The predicted octanol–water partition coefficient (Wildman–Crippen LogP) is 4.02. The van der Waals surface area contributed by atoms with Crippen molar-refractivity contribution < 1.29 is 13.2 Å². The van der Waals surface area contributed by atoms with E-state index in [-0.39, 0.29) is 5.56 Å². The van der Waals surface area contributed by atoms with E-state index in [1.807, 2.05) is 0 Å². The second-order valence-electron chi connectivity index (χ2n) is 4.24. The van der Waals surface area contributed by atoms with Crippen LogP contribution in [0.4, 0.5) is 13.2 Å². The van der Waals surface area contributed by atoms with Crippen molar-refractivity contribution in [3.05, 3.63) is 69.7 Å². The summed E-state index contributed by atoms with van der Waals surface area (Å²) in [6.07, 6.45) is -4.42. The first-order valence-corrected chi connectivity index (χ1v) is 6.60. The molecule has 3 N–H and O–H groups in total. The molecule has 1 unspecified atom stereocenters. The number of alkyl halides is 3. The van der Waals surface area contributed by atoms with E-state index in [2.05, 4.69) is 21.4 Å². The molecular formula is C14H12BrF3N2. The molecule has 0 aliphatic rings. The number of nitrogens with one attached hydrogen (secondary N) is 1. The van der Waals surface area contributed by atoms with Gasteiger partial charge in [-0.1, -0.05) is 46.3 Å². The van der Waals surface area contributed by atoms with Crippen LogP contribution in [0.25, 0.3) is 0 Å². The minimum absolute atomic E-state index is 0.102. The molecule has 0 fully saturated rings. The highest BCUT2D eigenvalue weighted by atomic mass is 79.9. The molecule has 0 aliphatic carbocycles. The molecule has 0 spiro atoms. The summed E-state index contributed by atoms with van der Waals surface area (Å²) in [7, 11) is 0. The maximum atomic E-state index is 13.0. The van der Waals surface area contributed by atoms with Crippen molar-refractivity contribution >= 4 is 15.9 Å². The Morgan fingerprint density at radius 2 is 1.60 bits per heavy atom. The zero-order chi connectivity index (χ0) is 14.8. The standard InChI is InChI=1S/C14H12BrF3N2/c15-10-7-5-9(6-8-10)13(20-19)11-3-1-2-4-12(11)14(16,17)18/h1-8,13,20H,19H2. The van der Waals surface area contributed by atoms with Crippen LogP contribution in [0.3, 0.4) is 0 Å². The van der Waals surface area contributed by atoms with Crippen molar-refractivity contribution in [1.82, 2.24) is 5.43 Å². The largest absolute Gasteiger partial charge is 0.416 e. The van der Waals surface area contributed by atoms with Gasteiger partial charge in [-0.15, -0.1) is 0 Å². The van der Waals surface area contributed by atoms with Gasteiger partial charge in [0, 0.05) is 4.47 Å². The van der Waals surface area contributed by atoms with Gasteiger partial charge in [-0.2, -0.15) is 13.2 Å². The Bertz CT molecular complexity index is 582. The Morgan fingerprint density at radius 1 is 1.00 bits per heavy atom. The van der Waals surface area contributed by atoms with E-state index in [1.54, 1.807) is 30.3 Å². The van der Waals surface area contributed by atoms with Gasteiger partial charge in [-0.25, -0.2) is 5.43 Å². The summed E-state index contributed by atoms with van der Waals surface area (Å²) in [5, 5.41) is 0. The summed E-state index contributed by atoms with van der Waals surface area (Å²) in [5.74, 6) is 5.46. The highest BCUT2D eigenvalue weighted by Crippen LogP contribution is 2.36. The number of nitrogens with two attached hydrogens (primary N) is 1. The maximum absolute atomic E-state index is 13.0. The topological polar surface area (TPSA) is 38.0 Å². The third-order valence-electron chi connectivity index (χ3n) is 2.95. The Hall–Kier alpha value is -1.37. The first-order chi connectivity index (χ1) is 9.43. The lowest BCUT2D eigenvalue weighted by Gasteiger charge is -2.21. The van der Waals surface area contributed by atoms with E-state index in [9.17, 15) is 13.2 Å². The van der Waals surface area contributed by atoms with E-state index in [0.717, 1.165) is 10.5 Å². The van der Waals surface area contributed by atoms with Gasteiger partial charge in [0.05, 0.1) is 11.6 Å². The van der Waals surface area contributed by atoms with Gasteiger partial charge in [-0.3, -0.25) is 5.84 Å². The van der Waals surface area contributed by atoms with Crippen molar-refractivity contribution in [3.63, 3.8) is 0 Å². The van der Waals surface area contributed by atoms with Crippen LogP contribution in [0.2, 0.25) is 0 Å². The van der Waals surface area contributed by atoms with E-state index in [1.165, 1.54) is 12.1 Å². The number of benzene rings is 2. The van der Waals surface area contributed by atoms with Gasteiger partial charge in [0.25, 0.3) is 0 Å². The van der Waals surface area contributed by atoms with Crippen LogP contribution in [0.15, 0.2) is 53.0 Å². The molecule has 6 heteroatoms. The molecule has 0 bridgehead atoms. The third-order valence-corrected chi connectivity index (χ3v) is 3.48. The molecule has 2 aromatic rings. The van der Waals surface area contributed by atoms with Crippen molar-refractivity contribution in [2.75, 3.05) is 0 Å². The van der Waals surface area contributed by atoms with Crippen LogP contribution in [-0.2, 0) is 6.18 Å². The number of hydrogen-bond acceptors (Lipinski definition) is 2. The molecule has 2 nitrogen and oxygen atoms in total. The van der Waals surface area contributed by atoms with Crippen molar-refractivity contribution in [1.29, 1.82) is 0 Å². The molecule has 20 heavy (non-hydrogen) atoms. The summed E-state index contributed by atoms with van der Waals surface area (Å²) < 4.78 is 40.0. The second-order valence-corrected chi connectivity index (χ2v) is 5.15. The van der Waals surface area contributed by atoms with Gasteiger partial charge >= 0.3 is 6.18 Å². The molecule has 0 amide bonds. The van der Waals surface area contributed by atoms with Crippen molar-refractivity contribution in [3.8, 4) is 0 Å². The molecule has 0 heterocycles. The van der Waals surface area contributed by atoms with Crippen LogP contribution >= 0.6 is 15.9 Å². The first-order valence-electron chi connectivity index (χ1n) is 5.81. The average molecular weight is 345 g/mol. The van der Waals surface area contributed by atoms with Crippen molar-refractivity contribution in [2.24, 2.45) is 5.84 Å².